The van der Waals surface area contributed by atoms with Gasteiger partial charge >= 0.3 is 5.97 Å². The number of benzene rings is 1. The predicted octanol–water partition coefficient (Wildman–Crippen LogP) is 2.70. The Kier molecular flexibility index (Phi) is 5.05. The van der Waals surface area contributed by atoms with Crippen LogP contribution in [0.15, 0.2) is 30.9 Å². The standard InChI is InChI=1S/C13H16N2O4/c1-3-4-5-8-14(2)10-6-7-12(15(18)19)11(9-10)13(16)17/h3,6-7,9H,1,4-5,8H2,2H3,(H,16,17). The minimum absolute atomic E-state index is 0.293. The smallest absolute Gasteiger partial charge is 0.342 e. The van der Waals surface area contributed by atoms with Crippen LogP contribution in [0.1, 0.15) is 23.2 Å². The van der Waals surface area contributed by atoms with E-state index in [4.69, 9.17) is 5.11 Å². The molecule has 0 aliphatic rings. The van der Waals surface area contributed by atoms with Crippen LogP contribution >= 0.6 is 0 Å². The summed E-state index contributed by atoms with van der Waals surface area (Å²) in [6, 6.07) is 4.11. The molecule has 0 heterocycles. The Morgan fingerprint density at radius 1 is 1.58 bits per heavy atom. The van der Waals surface area contributed by atoms with E-state index in [2.05, 4.69) is 6.58 Å². The number of carbonyl (C=O) groups is 1. The Balaban J connectivity index is 2.98. The molecule has 0 saturated heterocycles. The third-order valence-corrected chi connectivity index (χ3v) is 2.75. The Bertz CT molecular complexity index is 499. The largest absolute Gasteiger partial charge is 0.477 e. The topological polar surface area (TPSA) is 83.7 Å². The number of hydrogen-bond donors (Lipinski definition) is 1. The monoisotopic (exact) mass is 264 g/mol. The Morgan fingerprint density at radius 3 is 2.79 bits per heavy atom. The van der Waals surface area contributed by atoms with Crippen LogP contribution in [0.25, 0.3) is 0 Å². The number of nitro groups is 1. The number of nitrogens with zero attached hydrogens (tertiary/aromatic N) is 2. The van der Waals surface area contributed by atoms with E-state index in [1.165, 1.54) is 12.1 Å². The maximum absolute atomic E-state index is 11.0. The van der Waals surface area contributed by atoms with Gasteiger partial charge in [0.25, 0.3) is 5.69 Å². The van der Waals surface area contributed by atoms with Gasteiger partial charge in [0, 0.05) is 25.3 Å². The first-order valence-electron chi connectivity index (χ1n) is 5.81. The van der Waals surface area contributed by atoms with Gasteiger partial charge in [0.2, 0.25) is 0 Å². The van der Waals surface area contributed by atoms with Gasteiger partial charge in [-0.2, -0.15) is 0 Å². The van der Waals surface area contributed by atoms with Crippen molar-refractivity contribution in [1.82, 2.24) is 0 Å². The highest BCUT2D eigenvalue weighted by atomic mass is 16.6. The molecule has 1 rings (SSSR count). The van der Waals surface area contributed by atoms with Gasteiger partial charge in [-0.1, -0.05) is 6.08 Å². The van der Waals surface area contributed by atoms with Crippen LogP contribution < -0.4 is 4.90 Å². The summed E-state index contributed by atoms with van der Waals surface area (Å²) < 4.78 is 0. The Morgan fingerprint density at radius 2 is 2.26 bits per heavy atom. The Labute approximate surface area is 111 Å². The van der Waals surface area contributed by atoms with Crippen molar-refractivity contribution in [3.8, 4) is 0 Å². The fourth-order valence-electron chi connectivity index (χ4n) is 1.69. The maximum Gasteiger partial charge on any atom is 0.342 e. The first kappa shape index (κ1) is 14.7. The zero-order chi connectivity index (χ0) is 14.4. The lowest BCUT2D eigenvalue weighted by molar-refractivity contribution is -0.385. The quantitative estimate of drug-likeness (QED) is 0.354. The van der Waals surface area contributed by atoms with Gasteiger partial charge in [0.15, 0.2) is 0 Å². The van der Waals surface area contributed by atoms with E-state index in [1.807, 2.05) is 18.0 Å². The molecule has 1 aromatic rings. The normalized spacial score (nSPS) is 9.95. The van der Waals surface area contributed by atoms with Gasteiger partial charge in [-0.05, 0) is 25.0 Å². The summed E-state index contributed by atoms with van der Waals surface area (Å²) in [5, 5.41) is 19.7. The number of carboxylic acids is 1. The summed E-state index contributed by atoms with van der Waals surface area (Å²) in [4.78, 5) is 22.9. The minimum atomic E-state index is -1.30. The summed E-state index contributed by atoms with van der Waals surface area (Å²) in [5.74, 6) is -1.30. The molecule has 0 unspecified atom stereocenters. The molecule has 0 saturated carbocycles. The van der Waals surface area contributed by atoms with E-state index in [9.17, 15) is 14.9 Å². The lowest BCUT2D eigenvalue weighted by Crippen LogP contribution is -2.19. The van der Waals surface area contributed by atoms with Crippen molar-refractivity contribution in [2.24, 2.45) is 0 Å². The highest BCUT2D eigenvalue weighted by molar-refractivity contribution is 5.93. The van der Waals surface area contributed by atoms with E-state index in [1.54, 1.807) is 6.07 Å². The molecule has 0 radical (unpaired) electrons. The third kappa shape index (κ3) is 3.80. The molecule has 0 fully saturated rings. The van der Waals surface area contributed by atoms with Crippen molar-refractivity contribution < 1.29 is 14.8 Å². The molecule has 0 bridgehead atoms. The molecule has 102 valence electrons. The van der Waals surface area contributed by atoms with Crippen molar-refractivity contribution in [3.05, 3.63) is 46.5 Å². The van der Waals surface area contributed by atoms with Gasteiger partial charge in [-0.25, -0.2) is 4.79 Å². The Hall–Kier alpha value is -2.37. The number of hydrogen-bond acceptors (Lipinski definition) is 4. The van der Waals surface area contributed by atoms with Gasteiger partial charge < -0.3 is 10.0 Å². The second-order valence-corrected chi connectivity index (χ2v) is 4.12. The maximum atomic E-state index is 11.0. The highest BCUT2D eigenvalue weighted by Crippen LogP contribution is 2.24. The number of allylic oxidation sites excluding steroid dienone is 1. The zero-order valence-electron chi connectivity index (χ0n) is 10.7. The molecule has 0 aliphatic heterocycles. The average molecular weight is 264 g/mol. The molecule has 0 amide bonds. The molecule has 6 heteroatoms. The van der Waals surface area contributed by atoms with Crippen LogP contribution in [0.4, 0.5) is 11.4 Å². The van der Waals surface area contributed by atoms with E-state index in [0.29, 0.717) is 5.69 Å². The van der Waals surface area contributed by atoms with Gasteiger partial charge in [-0.15, -0.1) is 6.58 Å². The SMILES string of the molecule is C=CCCCN(C)c1ccc([N+](=O)[O-])c(C(=O)O)c1. The second-order valence-electron chi connectivity index (χ2n) is 4.12. The fraction of sp³-hybridized carbons (Fsp3) is 0.308. The molecule has 0 spiro atoms. The molecular formula is C13H16N2O4. The van der Waals surface area contributed by atoms with Crippen molar-refractivity contribution in [2.45, 2.75) is 12.8 Å². The van der Waals surface area contributed by atoms with Gasteiger partial charge in [0.1, 0.15) is 5.56 Å². The van der Waals surface area contributed by atoms with E-state index < -0.39 is 16.6 Å². The van der Waals surface area contributed by atoms with Crippen molar-refractivity contribution in [1.29, 1.82) is 0 Å². The summed E-state index contributed by atoms with van der Waals surface area (Å²) in [6.07, 6.45) is 3.56. The van der Waals surface area contributed by atoms with Gasteiger partial charge in [0.05, 0.1) is 4.92 Å². The third-order valence-electron chi connectivity index (χ3n) is 2.75. The average Bonchev–Trinajstić information content (AvgIpc) is 2.38. The predicted molar refractivity (Wildman–Crippen MR) is 72.8 cm³/mol. The zero-order valence-corrected chi connectivity index (χ0v) is 10.7. The molecule has 0 aromatic heterocycles. The molecule has 0 aliphatic carbocycles. The van der Waals surface area contributed by atoms with Crippen LogP contribution in [-0.4, -0.2) is 29.6 Å². The number of anilines is 1. The number of rotatable bonds is 7. The van der Waals surface area contributed by atoms with E-state index in [-0.39, 0.29) is 5.56 Å². The summed E-state index contributed by atoms with van der Waals surface area (Å²) in [6.45, 7) is 4.35. The second kappa shape index (κ2) is 6.53. The molecule has 19 heavy (non-hydrogen) atoms. The molecular weight excluding hydrogens is 248 g/mol. The van der Waals surface area contributed by atoms with E-state index in [0.717, 1.165) is 19.4 Å². The van der Waals surface area contributed by atoms with Crippen LogP contribution in [0.3, 0.4) is 0 Å². The molecule has 6 nitrogen and oxygen atoms in total. The van der Waals surface area contributed by atoms with Gasteiger partial charge in [-0.3, -0.25) is 10.1 Å². The number of nitro benzene ring substituents is 1. The minimum Gasteiger partial charge on any atom is -0.477 e. The molecule has 1 N–H and O–H groups in total. The highest BCUT2D eigenvalue weighted by Gasteiger charge is 2.20. The van der Waals surface area contributed by atoms with Crippen LogP contribution in [-0.2, 0) is 0 Å². The summed E-state index contributed by atoms with van der Waals surface area (Å²) in [5.41, 5.74) is -0.0409. The van der Waals surface area contributed by atoms with Crippen LogP contribution in [0.2, 0.25) is 0 Å². The number of unbranched alkanes of at least 4 members (excludes halogenated alkanes) is 1. The molecule has 1 aromatic carbocycles. The summed E-state index contributed by atoms with van der Waals surface area (Å²) in [7, 11) is 1.82. The lowest BCUT2D eigenvalue weighted by atomic mass is 10.1. The van der Waals surface area contributed by atoms with Crippen molar-refractivity contribution >= 4 is 17.3 Å². The van der Waals surface area contributed by atoms with Crippen LogP contribution in [0, 0.1) is 10.1 Å². The van der Waals surface area contributed by atoms with Crippen LogP contribution in [0.5, 0.6) is 0 Å². The number of aromatic carboxylic acids is 1. The first-order chi connectivity index (χ1) is 8.97. The molecule has 0 atom stereocenters. The van der Waals surface area contributed by atoms with Crippen molar-refractivity contribution in [2.75, 3.05) is 18.5 Å². The van der Waals surface area contributed by atoms with Crippen molar-refractivity contribution in [3.63, 3.8) is 0 Å². The summed E-state index contributed by atoms with van der Waals surface area (Å²) >= 11 is 0. The lowest BCUT2D eigenvalue weighted by Gasteiger charge is -2.19. The van der Waals surface area contributed by atoms with E-state index >= 15 is 0 Å². The number of carboxylic acid groups (broad SMARTS) is 1. The first-order valence-corrected chi connectivity index (χ1v) is 5.81. The fourth-order valence-corrected chi connectivity index (χ4v) is 1.69.